The molecule has 0 saturated carbocycles. The summed E-state index contributed by atoms with van der Waals surface area (Å²) in [7, 11) is 0. The minimum Gasteiger partial charge on any atom is -0.300 e. The monoisotopic (exact) mass is 245 g/mol. The highest BCUT2D eigenvalue weighted by Gasteiger charge is 2.12. The molecule has 16 heavy (non-hydrogen) atoms. The third-order valence-electron chi connectivity index (χ3n) is 1.93. The van der Waals surface area contributed by atoms with E-state index in [2.05, 4.69) is 12.6 Å². The number of hydrogen-bond acceptors (Lipinski definition) is 5. The average molecular weight is 245 g/mol. The Labute approximate surface area is 94.9 Å². The van der Waals surface area contributed by atoms with E-state index < -0.39 is 22.4 Å². The van der Waals surface area contributed by atoms with Crippen LogP contribution in [0, 0.1) is 0 Å². The summed E-state index contributed by atoms with van der Waals surface area (Å²) in [6, 6.07) is 0. The van der Waals surface area contributed by atoms with E-state index in [-0.39, 0.29) is 18.6 Å². The van der Waals surface area contributed by atoms with Gasteiger partial charge in [-0.3, -0.25) is 9.97 Å². The van der Waals surface area contributed by atoms with Crippen molar-refractivity contribution in [2.24, 2.45) is 0 Å². The van der Waals surface area contributed by atoms with E-state index in [9.17, 15) is 19.2 Å². The Balaban J connectivity index is 3.05. The molecule has 0 bridgehead atoms. The summed E-state index contributed by atoms with van der Waals surface area (Å²) in [6.45, 7) is 1.40. The highest BCUT2D eigenvalue weighted by atomic mass is 32.1. The van der Waals surface area contributed by atoms with Crippen molar-refractivity contribution in [1.82, 2.24) is 14.5 Å². The van der Waals surface area contributed by atoms with Gasteiger partial charge in [-0.1, -0.05) is 0 Å². The van der Waals surface area contributed by atoms with Gasteiger partial charge in [0.15, 0.2) is 0 Å². The van der Waals surface area contributed by atoms with Crippen LogP contribution in [0.1, 0.15) is 25.1 Å². The molecule has 7 nitrogen and oxygen atoms in total. The fourth-order valence-corrected chi connectivity index (χ4v) is 1.51. The van der Waals surface area contributed by atoms with Gasteiger partial charge in [0.25, 0.3) is 0 Å². The van der Waals surface area contributed by atoms with E-state index >= 15 is 0 Å². The Morgan fingerprint density at radius 3 is 2.25 bits per heavy atom. The predicted octanol–water partition coefficient (Wildman–Crippen LogP) is -0.978. The summed E-state index contributed by atoms with van der Waals surface area (Å²) in [5.41, 5.74) is -2.53. The molecular weight excluding hydrogens is 234 g/mol. The number of aromatic nitrogens is 3. The normalized spacial score (nSPS) is 12.4. The van der Waals surface area contributed by atoms with Crippen molar-refractivity contribution in [3.05, 3.63) is 31.5 Å². The number of aromatic amines is 2. The number of nitrogens with zero attached hydrogens (tertiary/aromatic N) is 1. The first-order valence-corrected chi connectivity index (χ1v) is 5.06. The van der Waals surface area contributed by atoms with Crippen LogP contribution in [0.2, 0.25) is 0 Å². The molecule has 0 spiro atoms. The number of rotatable bonds is 4. The molecule has 0 saturated heterocycles. The largest absolute Gasteiger partial charge is 0.334 e. The number of nitrogens with one attached hydrogen (secondary N) is 2. The second-order valence-electron chi connectivity index (χ2n) is 3.28. The lowest BCUT2D eigenvalue weighted by Gasteiger charge is -2.10. The molecule has 1 aromatic rings. The van der Waals surface area contributed by atoms with Gasteiger partial charge in [-0.15, -0.1) is 0 Å². The maximum atomic E-state index is 11.3. The molecule has 0 radical (unpaired) electrons. The lowest BCUT2D eigenvalue weighted by molar-refractivity contribution is -0.117. The summed E-state index contributed by atoms with van der Waals surface area (Å²) in [5, 5.41) is -0.739. The van der Waals surface area contributed by atoms with E-state index in [0.717, 1.165) is 4.57 Å². The van der Waals surface area contributed by atoms with Crippen molar-refractivity contribution in [3.63, 3.8) is 0 Å². The molecule has 1 unspecified atom stereocenters. The summed E-state index contributed by atoms with van der Waals surface area (Å²) in [6.07, 6.45) is 0.451. The van der Waals surface area contributed by atoms with E-state index in [1.165, 1.54) is 6.92 Å². The van der Waals surface area contributed by atoms with Crippen LogP contribution in [0.3, 0.4) is 0 Å². The number of thiol groups is 1. The van der Waals surface area contributed by atoms with E-state index in [0.29, 0.717) is 0 Å². The van der Waals surface area contributed by atoms with Gasteiger partial charge < -0.3 is 4.79 Å². The van der Waals surface area contributed by atoms with Crippen molar-refractivity contribution in [2.45, 2.75) is 25.1 Å². The van der Waals surface area contributed by atoms with Gasteiger partial charge in [-0.2, -0.15) is 12.6 Å². The van der Waals surface area contributed by atoms with Gasteiger partial charge in [-0.25, -0.2) is 19.0 Å². The third-order valence-corrected chi connectivity index (χ3v) is 2.42. The molecule has 1 aromatic heterocycles. The van der Waals surface area contributed by atoms with Crippen LogP contribution in [0.5, 0.6) is 0 Å². The molecule has 0 aromatic carbocycles. The minimum absolute atomic E-state index is 0.0621. The Morgan fingerprint density at radius 2 is 1.81 bits per heavy atom. The van der Waals surface area contributed by atoms with Crippen LogP contribution >= 0.6 is 12.6 Å². The SMILES string of the molecule is CC(=O)CCC(S)n1c(=O)[nH]c(=O)[nH]c1=O. The number of carbonyl (C=O) groups is 1. The van der Waals surface area contributed by atoms with Gasteiger partial charge >= 0.3 is 17.1 Å². The van der Waals surface area contributed by atoms with Crippen LogP contribution in [0.4, 0.5) is 0 Å². The highest BCUT2D eigenvalue weighted by molar-refractivity contribution is 7.80. The minimum atomic E-state index is -0.863. The Kier molecular flexibility index (Phi) is 3.88. The van der Waals surface area contributed by atoms with Gasteiger partial charge in [0.1, 0.15) is 5.78 Å². The molecule has 88 valence electrons. The van der Waals surface area contributed by atoms with Gasteiger partial charge in [0, 0.05) is 6.42 Å². The van der Waals surface area contributed by atoms with E-state index in [1.54, 1.807) is 0 Å². The number of H-pyrrole nitrogens is 2. The summed E-state index contributed by atoms with van der Waals surface area (Å²) in [4.78, 5) is 47.9. The third kappa shape index (κ3) is 2.96. The summed E-state index contributed by atoms with van der Waals surface area (Å²) < 4.78 is 0.757. The molecule has 1 heterocycles. The van der Waals surface area contributed by atoms with Gasteiger partial charge in [0.2, 0.25) is 0 Å². The number of hydrogen-bond donors (Lipinski definition) is 3. The van der Waals surface area contributed by atoms with Crippen LogP contribution < -0.4 is 17.1 Å². The first kappa shape index (κ1) is 12.5. The molecule has 0 amide bonds. The highest BCUT2D eigenvalue weighted by Crippen LogP contribution is 2.13. The maximum Gasteiger partial charge on any atom is 0.334 e. The lowest BCUT2D eigenvalue weighted by atomic mass is 10.2. The van der Waals surface area contributed by atoms with Crippen molar-refractivity contribution in [2.75, 3.05) is 0 Å². The Bertz CT molecular complexity index is 521. The molecule has 1 atom stereocenters. The fraction of sp³-hybridized carbons (Fsp3) is 0.500. The van der Waals surface area contributed by atoms with Gasteiger partial charge in [0.05, 0.1) is 5.37 Å². The van der Waals surface area contributed by atoms with Crippen LogP contribution in [0.15, 0.2) is 14.4 Å². The summed E-state index contributed by atoms with van der Waals surface area (Å²) in [5.74, 6) is -0.0621. The van der Waals surface area contributed by atoms with Crippen LogP contribution in [-0.2, 0) is 4.79 Å². The topological polar surface area (TPSA) is 105 Å². The van der Waals surface area contributed by atoms with Crippen molar-refractivity contribution in [3.8, 4) is 0 Å². The second kappa shape index (κ2) is 4.97. The fourth-order valence-electron chi connectivity index (χ4n) is 1.17. The number of ketones is 1. The molecule has 0 aliphatic carbocycles. The maximum absolute atomic E-state index is 11.3. The zero-order valence-corrected chi connectivity index (χ0v) is 9.41. The first-order chi connectivity index (χ1) is 7.41. The van der Waals surface area contributed by atoms with E-state index in [4.69, 9.17) is 0 Å². The molecular formula is C8H11N3O4S. The van der Waals surface area contributed by atoms with Crippen LogP contribution in [-0.4, -0.2) is 20.3 Å². The van der Waals surface area contributed by atoms with Crippen molar-refractivity contribution in [1.29, 1.82) is 0 Å². The van der Waals surface area contributed by atoms with Crippen LogP contribution in [0.25, 0.3) is 0 Å². The molecule has 8 heteroatoms. The number of carbonyl (C=O) groups excluding carboxylic acids is 1. The molecule has 0 aliphatic rings. The predicted molar refractivity (Wildman–Crippen MR) is 59.9 cm³/mol. The smallest absolute Gasteiger partial charge is 0.300 e. The summed E-state index contributed by atoms with van der Waals surface area (Å²) >= 11 is 4.04. The van der Waals surface area contributed by atoms with Crippen molar-refractivity contribution >= 4 is 18.4 Å². The number of Topliss-reactive ketones (excluding diaryl/α,β-unsaturated/α-hetero) is 1. The molecule has 1 rings (SSSR count). The molecule has 2 N–H and O–H groups in total. The quantitative estimate of drug-likeness (QED) is 0.593. The Morgan fingerprint density at radius 1 is 1.31 bits per heavy atom. The average Bonchev–Trinajstić information content (AvgIpc) is 2.12. The second-order valence-corrected chi connectivity index (χ2v) is 3.88. The van der Waals surface area contributed by atoms with Gasteiger partial charge in [-0.05, 0) is 13.3 Å². The molecule has 0 aliphatic heterocycles. The standard InChI is InChI=1S/C8H11N3O4S/c1-4(12)2-3-5(16)11-7(14)9-6(13)10-8(11)15/h5,16H,2-3H2,1H3,(H2,9,10,13,14,15). The first-order valence-electron chi connectivity index (χ1n) is 4.54. The Hall–Kier alpha value is -1.57. The zero-order valence-electron chi connectivity index (χ0n) is 8.52. The van der Waals surface area contributed by atoms with Crippen molar-refractivity contribution < 1.29 is 4.79 Å². The van der Waals surface area contributed by atoms with E-state index in [1.807, 2.05) is 9.97 Å². The lowest BCUT2D eigenvalue weighted by Crippen LogP contribution is -2.44. The zero-order chi connectivity index (χ0) is 12.3. The molecule has 0 fully saturated rings.